The van der Waals surface area contributed by atoms with E-state index in [1.54, 1.807) is 0 Å². The van der Waals surface area contributed by atoms with Gasteiger partial charge < -0.3 is 0 Å². The Morgan fingerprint density at radius 3 is 2.40 bits per heavy atom. The molecule has 0 radical (unpaired) electrons. The van der Waals surface area contributed by atoms with E-state index in [0.29, 0.717) is 19.0 Å². The molecule has 0 rings (SSSR count). The first kappa shape index (κ1) is 10.4. The lowest BCUT2D eigenvalue weighted by atomic mass is 10.5. The molecule has 0 aromatic heterocycles. The van der Waals surface area contributed by atoms with E-state index in [0.717, 1.165) is 0 Å². The molecule has 0 aliphatic heterocycles. The summed E-state index contributed by atoms with van der Waals surface area (Å²) in [5, 5.41) is 3.30. The van der Waals surface area contributed by atoms with E-state index in [9.17, 15) is 0 Å². The fraction of sp³-hybridized carbons (Fsp3) is 1.00. The van der Waals surface area contributed by atoms with Crippen LogP contribution in [0.4, 0.5) is 0 Å². The smallest absolute Gasteiger partial charge is 0.126 e. The van der Waals surface area contributed by atoms with Gasteiger partial charge in [0, 0.05) is 11.5 Å². The zero-order valence-corrected chi connectivity index (χ0v) is 8.36. The van der Waals surface area contributed by atoms with Crippen molar-refractivity contribution in [2.75, 3.05) is 6.54 Å². The van der Waals surface area contributed by atoms with E-state index in [4.69, 9.17) is 38.8 Å². The number of azide groups is 1. The van der Waals surface area contributed by atoms with E-state index in [2.05, 4.69) is 10.0 Å². The Bertz CT molecular complexity index is 138. The molecule has 0 aliphatic carbocycles. The molecule has 7 heteroatoms. The van der Waals surface area contributed by atoms with Gasteiger partial charge in [-0.3, -0.25) is 0 Å². The van der Waals surface area contributed by atoms with Crippen molar-refractivity contribution in [1.82, 2.24) is 0 Å². The van der Waals surface area contributed by atoms with Crippen molar-refractivity contribution < 1.29 is 0 Å². The third-order valence-corrected chi connectivity index (χ3v) is 3.40. The summed E-state index contributed by atoms with van der Waals surface area (Å²) in [6.45, 7) is 0.414. The normalized spacial score (nSPS) is 10.7. The third-order valence-electron chi connectivity index (χ3n) is 0.782. The minimum atomic E-state index is -2.47. The monoisotopic (exact) mass is 217 g/mol. The first-order valence-corrected chi connectivity index (χ1v) is 7.88. The topological polar surface area (TPSA) is 48.8 Å². The third kappa shape index (κ3) is 8.40. The SMILES string of the molecule is [N-]=[N+]=NCCC[Si](Cl)(Cl)Cl. The zero-order chi connectivity index (χ0) is 8.04. The summed E-state index contributed by atoms with van der Waals surface area (Å²) in [4.78, 5) is 2.57. The van der Waals surface area contributed by atoms with Crippen molar-refractivity contribution in [2.45, 2.75) is 12.5 Å². The van der Waals surface area contributed by atoms with Crippen LogP contribution in [-0.2, 0) is 0 Å². The van der Waals surface area contributed by atoms with E-state index < -0.39 is 6.00 Å². The molecule has 0 spiro atoms. The summed E-state index contributed by atoms with van der Waals surface area (Å²) in [7, 11) is 0. The van der Waals surface area contributed by atoms with Gasteiger partial charge in [0.2, 0.25) is 0 Å². The van der Waals surface area contributed by atoms with Crippen molar-refractivity contribution in [3.05, 3.63) is 10.4 Å². The van der Waals surface area contributed by atoms with Crippen LogP contribution in [0.5, 0.6) is 0 Å². The van der Waals surface area contributed by atoms with Crippen LogP contribution in [0.1, 0.15) is 6.42 Å². The van der Waals surface area contributed by atoms with Gasteiger partial charge >= 0.3 is 6.00 Å². The second kappa shape index (κ2) is 5.10. The molecule has 0 aliphatic rings. The van der Waals surface area contributed by atoms with E-state index in [1.165, 1.54) is 0 Å². The number of hydrogen-bond acceptors (Lipinski definition) is 1. The summed E-state index contributed by atoms with van der Waals surface area (Å²) >= 11 is 16.6. The van der Waals surface area contributed by atoms with Crippen LogP contribution < -0.4 is 0 Å². The average molecular weight is 219 g/mol. The summed E-state index contributed by atoms with van der Waals surface area (Å²) < 4.78 is 0. The molecular weight excluding hydrogens is 212 g/mol. The highest BCUT2D eigenvalue weighted by Gasteiger charge is 2.23. The molecule has 0 saturated carbocycles. The molecule has 0 N–H and O–H groups in total. The highest BCUT2D eigenvalue weighted by Crippen LogP contribution is 2.26. The molecule has 0 saturated heterocycles. The van der Waals surface area contributed by atoms with Gasteiger partial charge in [0.1, 0.15) is 0 Å². The summed E-state index contributed by atoms with van der Waals surface area (Å²) in [5.74, 6) is 0. The predicted molar refractivity (Wildman–Crippen MR) is 46.8 cm³/mol. The van der Waals surface area contributed by atoms with Crippen molar-refractivity contribution in [2.24, 2.45) is 5.11 Å². The molecule has 0 bridgehead atoms. The van der Waals surface area contributed by atoms with Crippen molar-refractivity contribution in [3.8, 4) is 0 Å². The molecule has 3 nitrogen and oxygen atoms in total. The number of halogens is 3. The number of hydrogen-bond donors (Lipinski definition) is 0. The summed E-state index contributed by atoms with van der Waals surface area (Å²) in [6.07, 6.45) is 0.660. The van der Waals surface area contributed by atoms with Crippen LogP contribution in [0, 0.1) is 0 Å². The molecule has 0 heterocycles. The van der Waals surface area contributed by atoms with Crippen LogP contribution in [-0.4, -0.2) is 12.5 Å². The van der Waals surface area contributed by atoms with Crippen LogP contribution in [0.3, 0.4) is 0 Å². The Kier molecular flexibility index (Phi) is 5.30. The standard InChI is InChI=1S/C3H6Cl3N3Si/c4-10(5,6)3-1-2-8-9-7/h1-3H2. The van der Waals surface area contributed by atoms with Gasteiger partial charge in [-0.05, 0) is 18.0 Å². The minimum absolute atomic E-state index is 0.414. The fourth-order valence-corrected chi connectivity index (χ4v) is 2.16. The lowest BCUT2D eigenvalue weighted by molar-refractivity contribution is 0.915. The zero-order valence-electron chi connectivity index (χ0n) is 5.10. The molecule has 0 fully saturated rings. The van der Waals surface area contributed by atoms with E-state index >= 15 is 0 Å². The number of rotatable bonds is 4. The Morgan fingerprint density at radius 2 is 2.00 bits per heavy atom. The van der Waals surface area contributed by atoms with E-state index in [1.807, 2.05) is 0 Å². The highest BCUT2D eigenvalue weighted by atomic mass is 35.8. The van der Waals surface area contributed by atoms with Gasteiger partial charge in [0.05, 0.1) is 0 Å². The molecule has 0 aromatic carbocycles. The maximum Gasteiger partial charge on any atom is 0.341 e. The summed E-state index contributed by atoms with van der Waals surface area (Å²) in [6, 6.07) is -1.92. The second-order valence-electron chi connectivity index (χ2n) is 1.67. The maximum atomic E-state index is 7.87. The van der Waals surface area contributed by atoms with Crippen molar-refractivity contribution in [3.63, 3.8) is 0 Å². The Labute approximate surface area is 74.0 Å². The van der Waals surface area contributed by atoms with Crippen molar-refractivity contribution >= 4 is 39.2 Å². The van der Waals surface area contributed by atoms with Gasteiger partial charge in [-0.15, -0.1) is 33.2 Å². The molecule has 0 amide bonds. The first-order valence-electron chi connectivity index (χ1n) is 2.64. The Hall–Kier alpha value is 0.397. The minimum Gasteiger partial charge on any atom is -0.126 e. The predicted octanol–water partition coefficient (Wildman–Crippen LogP) is 3.34. The van der Waals surface area contributed by atoms with Gasteiger partial charge in [-0.25, -0.2) is 0 Å². The van der Waals surface area contributed by atoms with Crippen LogP contribution in [0.2, 0.25) is 6.04 Å². The highest BCUT2D eigenvalue weighted by molar-refractivity contribution is 7.64. The second-order valence-corrected chi connectivity index (χ2v) is 11.0. The molecule has 0 unspecified atom stereocenters. The van der Waals surface area contributed by atoms with E-state index in [-0.39, 0.29) is 0 Å². The molecule has 0 atom stereocenters. The van der Waals surface area contributed by atoms with Gasteiger partial charge in [-0.2, -0.15) is 0 Å². The van der Waals surface area contributed by atoms with Gasteiger partial charge in [-0.1, -0.05) is 5.11 Å². The first-order chi connectivity index (χ1) is 4.56. The van der Waals surface area contributed by atoms with Crippen molar-refractivity contribution in [1.29, 1.82) is 0 Å². The molecular formula is C3H6Cl3N3Si. The molecule has 58 valence electrons. The lowest BCUT2D eigenvalue weighted by Gasteiger charge is -2.03. The number of nitrogens with zero attached hydrogens (tertiary/aromatic N) is 3. The Balaban J connectivity index is 3.28. The maximum absolute atomic E-state index is 7.87. The van der Waals surface area contributed by atoms with Crippen LogP contribution >= 0.6 is 33.2 Å². The van der Waals surface area contributed by atoms with Crippen LogP contribution in [0.15, 0.2) is 5.11 Å². The molecule has 0 aromatic rings. The fourth-order valence-electron chi connectivity index (χ4n) is 0.395. The largest absolute Gasteiger partial charge is 0.341 e. The quantitative estimate of drug-likeness (QED) is 0.174. The summed E-state index contributed by atoms with van der Waals surface area (Å²) in [5.41, 5.74) is 7.87. The molecule has 10 heavy (non-hydrogen) atoms. The Morgan fingerprint density at radius 1 is 1.40 bits per heavy atom. The van der Waals surface area contributed by atoms with Crippen LogP contribution in [0.25, 0.3) is 10.4 Å². The van der Waals surface area contributed by atoms with Gasteiger partial charge in [0.25, 0.3) is 0 Å². The van der Waals surface area contributed by atoms with Gasteiger partial charge in [0.15, 0.2) is 0 Å². The lowest BCUT2D eigenvalue weighted by Crippen LogP contribution is -2.08. The average Bonchev–Trinajstić information content (AvgIpc) is 1.78.